The van der Waals surface area contributed by atoms with Crippen LogP contribution in [0.2, 0.25) is 0 Å². The van der Waals surface area contributed by atoms with Gasteiger partial charge in [-0.05, 0) is 54.4 Å². The normalized spacial score (nSPS) is 11.5. The van der Waals surface area contributed by atoms with Gasteiger partial charge in [-0.15, -0.1) is 0 Å². The zero-order valence-electron chi connectivity index (χ0n) is 18.5. The van der Waals surface area contributed by atoms with Crippen molar-refractivity contribution < 1.29 is 22.3 Å². The SMILES string of the molecule is CCCCOc1ccc(S(=O)(=O)c2ccc(CNC(=O)c3cc4cnccc4[nH]3)cc2)cc1F. The van der Waals surface area contributed by atoms with Gasteiger partial charge in [-0.1, -0.05) is 25.5 Å². The molecule has 1 amide bonds. The van der Waals surface area contributed by atoms with Gasteiger partial charge in [0.1, 0.15) is 5.69 Å². The first kappa shape index (κ1) is 23.4. The first-order chi connectivity index (χ1) is 16.4. The summed E-state index contributed by atoms with van der Waals surface area (Å²) in [5.74, 6) is -0.974. The van der Waals surface area contributed by atoms with E-state index in [1.807, 2.05) is 6.92 Å². The molecule has 34 heavy (non-hydrogen) atoms. The van der Waals surface area contributed by atoms with E-state index in [4.69, 9.17) is 4.74 Å². The first-order valence-electron chi connectivity index (χ1n) is 10.9. The summed E-state index contributed by atoms with van der Waals surface area (Å²) in [6.45, 7) is 2.58. The topological polar surface area (TPSA) is 101 Å². The Labute approximate surface area is 196 Å². The molecule has 7 nitrogen and oxygen atoms in total. The second-order valence-corrected chi connectivity index (χ2v) is 9.72. The van der Waals surface area contributed by atoms with Crippen LogP contribution in [-0.4, -0.2) is 30.9 Å². The van der Waals surface area contributed by atoms with Gasteiger partial charge < -0.3 is 15.0 Å². The van der Waals surface area contributed by atoms with Crippen molar-refractivity contribution in [3.63, 3.8) is 0 Å². The fourth-order valence-electron chi connectivity index (χ4n) is 3.39. The second kappa shape index (κ2) is 10.0. The van der Waals surface area contributed by atoms with Gasteiger partial charge in [-0.25, -0.2) is 12.8 Å². The smallest absolute Gasteiger partial charge is 0.267 e. The van der Waals surface area contributed by atoms with Crippen LogP contribution in [0.5, 0.6) is 5.75 Å². The molecule has 0 aliphatic carbocycles. The number of aromatic nitrogens is 2. The molecular formula is C25H24FN3O4S. The van der Waals surface area contributed by atoms with Gasteiger partial charge in [0.2, 0.25) is 9.84 Å². The Morgan fingerprint density at radius 1 is 1.09 bits per heavy atom. The van der Waals surface area contributed by atoms with Crippen molar-refractivity contribution in [1.29, 1.82) is 0 Å². The second-order valence-electron chi connectivity index (χ2n) is 7.77. The molecule has 4 rings (SSSR count). The van der Waals surface area contributed by atoms with Crippen molar-refractivity contribution in [2.24, 2.45) is 0 Å². The maximum Gasteiger partial charge on any atom is 0.267 e. The summed E-state index contributed by atoms with van der Waals surface area (Å²) in [6.07, 6.45) is 5.00. The van der Waals surface area contributed by atoms with E-state index in [2.05, 4.69) is 15.3 Å². The molecule has 0 atom stereocenters. The number of fused-ring (bicyclic) bond motifs is 1. The lowest BCUT2D eigenvalue weighted by molar-refractivity contribution is 0.0946. The van der Waals surface area contributed by atoms with Gasteiger partial charge in [0.15, 0.2) is 11.6 Å². The molecule has 0 unspecified atom stereocenters. The molecule has 0 aliphatic rings. The summed E-state index contributed by atoms with van der Waals surface area (Å²) < 4.78 is 45.5. The molecule has 4 aromatic rings. The monoisotopic (exact) mass is 481 g/mol. The largest absolute Gasteiger partial charge is 0.491 e. The number of nitrogens with one attached hydrogen (secondary N) is 2. The molecule has 2 heterocycles. The minimum absolute atomic E-state index is 0.0321. The summed E-state index contributed by atoms with van der Waals surface area (Å²) in [7, 11) is -3.90. The molecule has 0 saturated carbocycles. The van der Waals surface area contributed by atoms with Crippen LogP contribution >= 0.6 is 0 Å². The number of halogens is 1. The molecule has 0 aliphatic heterocycles. The Kier molecular flexibility index (Phi) is 6.93. The third-order valence-electron chi connectivity index (χ3n) is 5.32. The Morgan fingerprint density at radius 3 is 2.56 bits per heavy atom. The number of rotatable bonds is 9. The lowest BCUT2D eigenvalue weighted by atomic mass is 10.2. The van der Waals surface area contributed by atoms with E-state index in [9.17, 15) is 17.6 Å². The average molecular weight is 482 g/mol. The molecule has 9 heteroatoms. The third-order valence-corrected chi connectivity index (χ3v) is 7.09. The number of carbonyl (C=O) groups excluding carboxylic acids is 1. The fourth-order valence-corrected chi connectivity index (χ4v) is 4.66. The van der Waals surface area contributed by atoms with Crippen molar-refractivity contribution in [2.45, 2.75) is 36.1 Å². The Balaban J connectivity index is 1.42. The number of H-pyrrole nitrogens is 1. The van der Waals surface area contributed by atoms with Gasteiger partial charge in [0.05, 0.1) is 16.4 Å². The van der Waals surface area contributed by atoms with Crippen LogP contribution in [0, 0.1) is 5.82 Å². The summed E-state index contributed by atoms with van der Waals surface area (Å²) in [4.78, 5) is 19.4. The number of pyridine rings is 1. The number of ether oxygens (including phenoxy) is 1. The third kappa shape index (κ3) is 5.09. The number of amides is 1. The predicted octanol–water partition coefficient (Wildman–Crippen LogP) is 4.64. The van der Waals surface area contributed by atoms with Crippen LogP contribution in [-0.2, 0) is 16.4 Å². The zero-order valence-corrected chi connectivity index (χ0v) is 19.4. The number of aromatic amines is 1. The van der Waals surface area contributed by atoms with Gasteiger partial charge in [0, 0.05) is 29.8 Å². The van der Waals surface area contributed by atoms with E-state index >= 15 is 0 Å². The number of unbranched alkanes of at least 4 members (excludes halogenated alkanes) is 1. The maximum atomic E-state index is 14.3. The highest BCUT2D eigenvalue weighted by molar-refractivity contribution is 7.91. The minimum Gasteiger partial charge on any atom is -0.491 e. The Morgan fingerprint density at radius 2 is 1.85 bits per heavy atom. The molecule has 0 bridgehead atoms. The minimum atomic E-state index is -3.90. The van der Waals surface area contributed by atoms with Crippen LogP contribution in [0.3, 0.4) is 0 Å². The Bertz CT molecular complexity index is 1380. The van der Waals surface area contributed by atoms with E-state index in [1.165, 1.54) is 24.3 Å². The van der Waals surface area contributed by atoms with E-state index in [0.717, 1.165) is 35.4 Å². The standard InChI is InChI=1S/C25H24FN3O4S/c1-2-3-12-33-24-9-8-20(14-21(24)26)34(31,32)19-6-4-17(5-7-19)15-28-25(30)23-13-18-16-27-11-10-22(18)29-23/h4-11,13-14,16,29H,2-3,12,15H2,1H3,(H,28,30). The summed E-state index contributed by atoms with van der Waals surface area (Å²) in [6, 6.07) is 13.2. The quantitative estimate of drug-likeness (QED) is 0.339. The molecule has 2 N–H and O–H groups in total. The molecule has 0 radical (unpaired) electrons. The number of benzene rings is 2. The number of hydrogen-bond acceptors (Lipinski definition) is 5. The number of carbonyl (C=O) groups is 1. The molecule has 0 saturated heterocycles. The van der Waals surface area contributed by atoms with Crippen molar-refractivity contribution in [3.05, 3.63) is 84.1 Å². The molecule has 176 valence electrons. The van der Waals surface area contributed by atoms with Crippen LogP contribution in [0.15, 0.2) is 76.8 Å². The van der Waals surface area contributed by atoms with Crippen LogP contribution in [0.4, 0.5) is 4.39 Å². The highest BCUT2D eigenvalue weighted by Crippen LogP contribution is 2.26. The van der Waals surface area contributed by atoms with E-state index < -0.39 is 15.7 Å². The highest BCUT2D eigenvalue weighted by atomic mass is 32.2. The summed E-state index contributed by atoms with van der Waals surface area (Å²) in [5, 5.41) is 3.63. The molecule has 2 aromatic carbocycles. The van der Waals surface area contributed by atoms with E-state index in [-0.39, 0.29) is 28.0 Å². The van der Waals surface area contributed by atoms with Gasteiger partial charge in [-0.2, -0.15) is 0 Å². The van der Waals surface area contributed by atoms with Crippen molar-refractivity contribution >= 4 is 26.6 Å². The summed E-state index contributed by atoms with van der Waals surface area (Å²) >= 11 is 0. The predicted molar refractivity (Wildman–Crippen MR) is 126 cm³/mol. The van der Waals surface area contributed by atoms with Gasteiger partial charge in [-0.3, -0.25) is 9.78 Å². The van der Waals surface area contributed by atoms with Crippen molar-refractivity contribution in [1.82, 2.24) is 15.3 Å². The number of sulfone groups is 1. The van der Waals surface area contributed by atoms with Gasteiger partial charge in [0.25, 0.3) is 5.91 Å². The molecule has 2 aromatic heterocycles. The summed E-state index contributed by atoms with van der Waals surface area (Å²) in [5.41, 5.74) is 1.94. The van der Waals surface area contributed by atoms with Crippen LogP contribution in [0.1, 0.15) is 35.8 Å². The molecule has 0 fully saturated rings. The van der Waals surface area contributed by atoms with Crippen molar-refractivity contribution in [3.8, 4) is 5.75 Å². The zero-order chi connectivity index (χ0) is 24.1. The average Bonchev–Trinajstić information content (AvgIpc) is 3.28. The maximum absolute atomic E-state index is 14.3. The number of hydrogen-bond donors (Lipinski definition) is 2. The van der Waals surface area contributed by atoms with Crippen LogP contribution in [0.25, 0.3) is 10.9 Å². The fraction of sp³-hybridized carbons (Fsp3) is 0.200. The van der Waals surface area contributed by atoms with E-state index in [0.29, 0.717) is 12.3 Å². The van der Waals surface area contributed by atoms with Gasteiger partial charge >= 0.3 is 0 Å². The highest BCUT2D eigenvalue weighted by Gasteiger charge is 2.20. The molecule has 0 spiro atoms. The first-order valence-corrected chi connectivity index (χ1v) is 12.3. The Hall–Kier alpha value is -3.72. The lowest BCUT2D eigenvalue weighted by Crippen LogP contribution is -2.23. The molecular weight excluding hydrogens is 457 g/mol. The van der Waals surface area contributed by atoms with E-state index in [1.54, 1.807) is 36.7 Å². The van der Waals surface area contributed by atoms with Crippen LogP contribution < -0.4 is 10.1 Å². The lowest BCUT2D eigenvalue weighted by Gasteiger charge is -2.10. The van der Waals surface area contributed by atoms with Crippen molar-refractivity contribution in [2.75, 3.05) is 6.61 Å². The number of nitrogens with zero attached hydrogens (tertiary/aromatic N) is 1.